The minimum Gasteiger partial charge on any atom is -0.497 e. The standard InChI is InChI=1S/C28H27N5O.2C2HF3O2/c1-34-23-10-7-20(8-11-23)24-17-33(16-19-5-3-2-4-6-19)18-25(24)28-31-26-12-9-21(13-27(26)32-28)22-14-29-30-15-22;2*3-2(4,5)1(6)7/h2-15,24-25H,16-18H2,1H3,(H,29,30)(H,31,32);2*(H,6,7). The first-order chi connectivity index (χ1) is 22.7. The van der Waals surface area contributed by atoms with Crippen molar-refractivity contribution < 1.29 is 50.9 Å². The van der Waals surface area contributed by atoms with Crippen LogP contribution in [0.3, 0.4) is 0 Å². The summed E-state index contributed by atoms with van der Waals surface area (Å²) in [6, 6.07) is 25.6. The van der Waals surface area contributed by atoms with Crippen molar-refractivity contribution in [2.24, 2.45) is 0 Å². The number of ether oxygens (including phenoxy) is 1. The number of benzene rings is 3. The van der Waals surface area contributed by atoms with Gasteiger partial charge in [0, 0.05) is 43.2 Å². The van der Waals surface area contributed by atoms with E-state index in [2.05, 4.69) is 92.9 Å². The highest BCUT2D eigenvalue weighted by Gasteiger charge is 2.39. The number of aromatic amines is 2. The molecule has 1 aliphatic heterocycles. The van der Waals surface area contributed by atoms with Crippen LogP contribution in [-0.2, 0) is 16.1 Å². The van der Waals surface area contributed by atoms with Gasteiger partial charge >= 0.3 is 24.3 Å². The molecule has 1 fully saturated rings. The van der Waals surface area contributed by atoms with Crippen LogP contribution in [0.1, 0.15) is 28.8 Å². The molecule has 1 saturated heterocycles. The summed E-state index contributed by atoms with van der Waals surface area (Å²) in [4.78, 5) is 29.0. The number of carboxylic acids is 2. The molecule has 10 nitrogen and oxygen atoms in total. The highest BCUT2D eigenvalue weighted by atomic mass is 19.4. The number of H-pyrrole nitrogens is 2. The Kier molecular flexibility index (Phi) is 11.1. The highest BCUT2D eigenvalue weighted by Crippen LogP contribution is 2.40. The van der Waals surface area contributed by atoms with E-state index in [1.165, 1.54) is 11.1 Å². The largest absolute Gasteiger partial charge is 0.497 e. The fraction of sp³-hybridized carbons (Fsp3) is 0.250. The summed E-state index contributed by atoms with van der Waals surface area (Å²) in [5.41, 5.74) is 6.91. The van der Waals surface area contributed by atoms with Crippen molar-refractivity contribution in [1.29, 1.82) is 0 Å². The molecular formula is C32H29F6N5O5. The predicted molar refractivity (Wildman–Crippen MR) is 161 cm³/mol. The second-order valence-electron chi connectivity index (χ2n) is 10.6. The number of imidazole rings is 1. The highest BCUT2D eigenvalue weighted by molar-refractivity contribution is 5.81. The van der Waals surface area contributed by atoms with Crippen molar-refractivity contribution in [3.8, 4) is 16.9 Å². The molecule has 0 saturated carbocycles. The monoisotopic (exact) mass is 677 g/mol. The summed E-state index contributed by atoms with van der Waals surface area (Å²) in [6.45, 7) is 2.89. The third kappa shape index (κ3) is 9.34. The zero-order valence-electron chi connectivity index (χ0n) is 25.1. The summed E-state index contributed by atoms with van der Waals surface area (Å²) in [5, 5.41) is 21.2. The molecule has 2 unspecified atom stereocenters. The van der Waals surface area contributed by atoms with Crippen LogP contribution < -0.4 is 4.74 Å². The van der Waals surface area contributed by atoms with Crippen molar-refractivity contribution in [3.63, 3.8) is 0 Å². The fourth-order valence-electron chi connectivity index (χ4n) is 5.12. The van der Waals surface area contributed by atoms with Gasteiger partial charge in [0.05, 0.1) is 24.3 Å². The van der Waals surface area contributed by atoms with E-state index in [-0.39, 0.29) is 5.92 Å². The predicted octanol–water partition coefficient (Wildman–Crippen LogP) is 6.61. The van der Waals surface area contributed by atoms with Gasteiger partial charge in [-0.1, -0.05) is 48.5 Å². The molecule has 0 bridgehead atoms. The number of alkyl halides is 6. The quantitative estimate of drug-likeness (QED) is 0.147. The zero-order valence-corrected chi connectivity index (χ0v) is 25.1. The number of likely N-dealkylation sites (tertiary alicyclic amines) is 1. The molecule has 2 atom stereocenters. The number of fused-ring (bicyclic) bond motifs is 1. The van der Waals surface area contributed by atoms with Gasteiger partial charge in [0.25, 0.3) is 0 Å². The Balaban J connectivity index is 0.000000314. The Hall–Kier alpha value is -5.38. The van der Waals surface area contributed by atoms with E-state index in [1.807, 2.05) is 12.4 Å². The minimum atomic E-state index is -5.08. The number of carbonyl (C=O) groups is 2. The molecule has 0 spiro atoms. The van der Waals surface area contributed by atoms with E-state index in [4.69, 9.17) is 29.5 Å². The van der Waals surface area contributed by atoms with Gasteiger partial charge in [0.2, 0.25) is 0 Å². The number of carboxylic acid groups (broad SMARTS) is 2. The Morgan fingerprint density at radius 1 is 0.875 bits per heavy atom. The number of hydrogen-bond acceptors (Lipinski definition) is 6. The molecule has 1 aliphatic rings. The molecule has 4 N–H and O–H groups in total. The summed E-state index contributed by atoms with van der Waals surface area (Å²) < 4.78 is 68.9. The smallest absolute Gasteiger partial charge is 0.490 e. The number of hydrogen-bond donors (Lipinski definition) is 4. The van der Waals surface area contributed by atoms with Crippen molar-refractivity contribution in [2.45, 2.75) is 30.7 Å². The van der Waals surface area contributed by atoms with E-state index in [0.29, 0.717) is 5.92 Å². The Bertz CT molecular complexity index is 1770. The molecule has 3 heterocycles. The molecule has 6 rings (SSSR count). The maximum Gasteiger partial charge on any atom is 0.490 e. The molecule has 0 radical (unpaired) electrons. The lowest BCUT2D eigenvalue weighted by atomic mass is 9.88. The van der Waals surface area contributed by atoms with Crippen molar-refractivity contribution in [3.05, 3.63) is 102 Å². The van der Waals surface area contributed by atoms with Crippen LogP contribution in [0.2, 0.25) is 0 Å². The third-order valence-corrected chi connectivity index (χ3v) is 7.36. The first-order valence-corrected chi connectivity index (χ1v) is 14.1. The zero-order chi connectivity index (χ0) is 35.1. The van der Waals surface area contributed by atoms with Crippen molar-refractivity contribution in [2.75, 3.05) is 20.2 Å². The SMILES string of the molecule is COc1ccc(C2CN(Cc3ccccc3)CC2c2nc3ccc(-c4cn[nH]c4)cc3[nH]2)cc1.O=C(O)C(F)(F)F.O=C(O)C(F)(F)F. The van der Waals surface area contributed by atoms with Crippen LogP contribution in [0, 0.1) is 0 Å². The van der Waals surface area contributed by atoms with Gasteiger partial charge in [-0.05, 0) is 41.0 Å². The lowest BCUT2D eigenvalue weighted by molar-refractivity contribution is -0.193. The first-order valence-electron chi connectivity index (χ1n) is 14.1. The molecule has 3 aromatic carbocycles. The average Bonchev–Trinajstić information content (AvgIpc) is 3.81. The van der Waals surface area contributed by atoms with E-state index in [1.54, 1.807) is 7.11 Å². The van der Waals surface area contributed by atoms with Gasteiger partial charge in [-0.15, -0.1) is 0 Å². The Morgan fingerprint density at radius 2 is 1.48 bits per heavy atom. The number of methoxy groups -OCH3 is 1. The summed E-state index contributed by atoms with van der Waals surface area (Å²) in [7, 11) is 1.71. The van der Waals surface area contributed by atoms with Crippen LogP contribution in [0.15, 0.2) is 85.2 Å². The number of aromatic nitrogens is 4. The van der Waals surface area contributed by atoms with E-state index >= 15 is 0 Å². The van der Waals surface area contributed by atoms with E-state index in [0.717, 1.165) is 53.4 Å². The normalized spacial score (nSPS) is 16.4. The van der Waals surface area contributed by atoms with Crippen LogP contribution in [-0.4, -0.2) is 79.8 Å². The molecule has 16 heteroatoms. The number of nitrogens with one attached hydrogen (secondary N) is 2. The molecule has 0 aliphatic carbocycles. The lowest BCUT2D eigenvalue weighted by Gasteiger charge is -2.17. The van der Waals surface area contributed by atoms with E-state index in [9.17, 15) is 26.3 Å². The number of halogens is 6. The van der Waals surface area contributed by atoms with Crippen molar-refractivity contribution >= 4 is 23.0 Å². The summed E-state index contributed by atoms with van der Waals surface area (Å²) in [6.07, 6.45) is -6.41. The number of rotatable bonds is 6. The van der Waals surface area contributed by atoms with Gasteiger partial charge in [-0.2, -0.15) is 31.4 Å². The lowest BCUT2D eigenvalue weighted by Crippen LogP contribution is -2.21. The van der Waals surface area contributed by atoms with E-state index < -0.39 is 24.3 Å². The van der Waals surface area contributed by atoms with Gasteiger partial charge in [0.15, 0.2) is 0 Å². The summed E-state index contributed by atoms with van der Waals surface area (Å²) in [5.74, 6) is -2.95. The number of aliphatic carboxylic acids is 2. The van der Waals surface area contributed by atoms with Crippen LogP contribution in [0.25, 0.3) is 22.2 Å². The van der Waals surface area contributed by atoms with Gasteiger partial charge < -0.3 is 19.9 Å². The molecule has 2 aromatic heterocycles. The summed E-state index contributed by atoms with van der Waals surface area (Å²) >= 11 is 0. The fourth-order valence-corrected chi connectivity index (χ4v) is 5.12. The maximum absolute atomic E-state index is 10.6. The first kappa shape index (κ1) is 35.5. The molecule has 0 amide bonds. The maximum atomic E-state index is 10.6. The van der Waals surface area contributed by atoms with Gasteiger partial charge in [-0.3, -0.25) is 10.00 Å². The Labute approximate surface area is 269 Å². The minimum absolute atomic E-state index is 0.280. The molecule has 254 valence electrons. The van der Waals surface area contributed by atoms with Crippen molar-refractivity contribution in [1.82, 2.24) is 25.1 Å². The molecule has 5 aromatic rings. The average molecular weight is 678 g/mol. The molecular weight excluding hydrogens is 648 g/mol. The second-order valence-corrected chi connectivity index (χ2v) is 10.6. The van der Waals surface area contributed by atoms with Crippen LogP contribution in [0.5, 0.6) is 5.75 Å². The van der Waals surface area contributed by atoms with Gasteiger partial charge in [0.1, 0.15) is 11.6 Å². The van der Waals surface area contributed by atoms with Crippen LogP contribution >= 0.6 is 0 Å². The third-order valence-electron chi connectivity index (χ3n) is 7.36. The topological polar surface area (TPSA) is 144 Å². The molecule has 48 heavy (non-hydrogen) atoms. The second kappa shape index (κ2) is 15.0. The van der Waals surface area contributed by atoms with Crippen LogP contribution in [0.4, 0.5) is 26.3 Å². The van der Waals surface area contributed by atoms with Gasteiger partial charge in [-0.25, -0.2) is 14.6 Å². The number of nitrogens with zero attached hydrogens (tertiary/aromatic N) is 3. The Morgan fingerprint density at radius 3 is 2.02 bits per heavy atom.